The third-order valence-electron chi connectivity index (χ3n) is 3.35. The van der Waals surface area contributed by atoms with Crippen LogP contribution in [0.3, 0.4) is 0 Å². The molecule has 1 N–H and O–H groups in total. The molecule has 0 spiro atoms. The van der Waals surface area contributed by atoms with Crippen LogP contribution in [0.2, 0.25) is 0 Å². The first-order chi connectivity index (χ1) is 8.75. The number of rotatable bonds is 4. The normalized spacial score (nSPS) is 25.1. The lowest BCUT2D eigenvalue weighted by atomic mass is 9.99. The van der Waals surface area contributed by atoms with E-state index in [1.54, 1.807) is 0 Å². The Labute approximate surface area is 106 Å². The summed E-state index contributed by atoms with van der Waals surface area (Å²) in [7, 11) is 0. The molecule has 1 saturated heterocycles. The first-order valence-corrected chi connectivity index (χ1v) is 6.46. The average molecular weight is 255 g/mol. The quantitative estimate of drug-likeness (QED) is 0.893. The van der Waals surface area contributed by atoms with Crippen molar-refractivity contribution < 1.29 is 13.5 Å². The minimum atomic E-state index is -2.69. The summed E-state index contributed by atoms with van der Waals surface area (Å²) < 4.78 is 29.6. The summed E-state index contributed by atoms with van der Waals surface area (Å²) in [6.45, 7) is -1.81. The van der Waals surface area contributed by atoms with Crippen LogP contribution in [-0.4, -0.2) is 25.3 Å². The van der Waals surface area contributed by atoms with Crippen LogP contribution in [0.25, 0.3) is 0 Å². The summed E-state index contributed by atoms with van der Waals surface area (Å²) in [5.74, 6) is 0. The molecule has 0 unspecified atom stereocenters. The van der Waals surface area contributed by atoms with Crippen LogP contribution < -0.4 is 5.32 Å². The summed E-state index contributed by atoms with van der Waals surface area (Å²) in [5, 5.41) is 3.33. The zero-order chi connectivity index (χ0) is 12.8. The molecule has 1 fully saturated rings. The smallest absolute Gasteiger partial charge is 0.318 e. The number of benzene rings is 1. The molecule has 0 saturated carbocycles. The molecule has 1 aromatic rings. The van der Waals surface area contributed by atoms with E-state index >= 15 is 0 Å². The number of halogens is 2. The van der Waals surface area contributed by atoms with Crippen molar-refractivity contribution in [1.82, 2.24) is 5.32 Å². The highest BCUT2D eigenvalue weighted by atomic mass is 19.3. The van der Waals surface area contributed by atoms with Gasteiger partial charge in [0.25, 0.3) is 0 Å². The molecule has 18 heavy (non-hydrogen) atoms. The van der Waals surface area contributed by atoms with Gasteiger partial charge in [-0.2, -0.15) is 8.78 Å². The van der Waals surface area contributed by atoms with Gasteiger partial charge in [-0.15, -0.1) is 0 Å². The molecule has 4 heteroatoms. The fourth-order valence-electron chi connectivity index (χ4n) is 2.46. The molecule has 2 rings (SSSR count). The van der Waals surface area contributed by atoms with E-state index in [1.807, 2.05) is 30.3 Å². The van der Waals surface area contributed by atoms with E-state index in [4.69, 9.17) is 4.74 Å². The summed E-state index contributed by atoms with van der Waals surface area (Å²) in [6, 6.07) is 9.91. The van der Waals surface area contributed by atoms with Crippen LogP contribution in [-0.2, 0) is 11.2 Å². The zero-order valence-electron chi connectivity index (χ0n) is 10.3. The van der Waals surface area contributed by atoms with Crippen LogP contribution in [0, 0.1) is 0 Å². The van der Waals surface area contributed by atoms with Crippen molar-refractivity contribution in [3.63, 3.8) is 0 Å². The third kappa shape index (κ3) is 4.03. The Balaban J connectivity index is 2.01. The second kappa shape index (κ2) is 6.81. The van der Waals surface area contributed by atoms with Gasteiger partial charge in [-0.05, 0) is 37.8 Å². The van der Waals surface area contributed by atoms with E-state index in [2.05, 4.69) is 5.32 Å². The Kier molecular flexibility index (Phi) is 5.08. The van der Waals surface area contributed by atoms with Crippen molar-refractivity contribution in [2.24, 2.45) is 0 Å². The maximum atomic E-state index is 12.4. The molecule has 0 aliphatic carbocycles. The zero-order valence-corrected chi connectivity index (χ0v) is 10.3. The molecular weight excluding hydrogens is 236 g/mol. The first-order valence-electron chi connectivity index (χ1n) is 6.46. The summed E-state index contributed by atoms with van der Waals surface area (Å²) in [6.07, 6.45) is 3.00. The first kappa shape index (κ1) is 13.4. The third-order valence-corrected chi connectivity index (χ3v) is 3.35. The molecule has 0 aromatic heterocycles. The van der Waals surface area contributed by atoms with Gasteiger partial charge in [-0.25, -0.2) is 0 Å². The number of hydrogen-bond acceptors (Lipinski definition) is 2. The minimum absolute atomic E-state index is 0.0242. The molecule has 0 amide bonds. The summed E-state index contributed by atoms with van der Waals surface area (Å²) >= 11 is 0. The van der Waals surface area contributed by atoms with Gasteiger partial charge in [0, 0.05) is 6.04 Å². The van der Waals surface area contributed by atoms with Crippen molar-refractivity contribution in [2.45, 2.75) is 44.4 Å². The highest BCUT2D eigenvalue weighted by molar-refractivity contribution is 5.16. The van der Waals surface area contributed by atoms with Crippen molar-refractivity contribution in [3.8, 4) is 0 Å². The van der Waals surface area contributed by atoms with Crippen LogP contribution in [0.5, 0.6) is 0 Å². The Hall–Kier alpha value is -1.00. The maximum absolute atomic E-state index is 12.4. The summed E-state index contributed by atoms with van der Waals surface area (Å²) in [4.78, 5) is 0. The Morgan fingerprint density at radius 1 is 1.22 bits per heavy atom. The van der Waals surface area contributed by atoms with Crippen LogP contribution >= 0.6 is 0 Å². The predicted octanol–water partition coefficient (Wildman–Crippen LogP) is 2.98. The van der Waals surface area contributed by atoms with Gasteiger partial charge >= 0.3 is 6.61 Å². The van der Waals surface area contributed by atoms with E-state index in [9.17, 15) is 8.78 Å². The number of ether oxygens (including phenoxy) is 1. The standard InChI is InChI=1S/C14H19F2NO/c15-14(16)18-13-8-4-5-9-17-12(13)10-11-6-2-1-3-7-11/h1-3,6-7,12-14,17H,4-5,8-10H2/t12-,13-/m0/s1. The lowest BCUT2D eigenvalue weighted by molar-refractivity contribution is -0.170. The minimum Gasteiger partial charge on any atom is -0.318 e. The van der Waals surface area contributed by atoms with Gasteiger partial charge in [0.1, 0.15) is 0 Å². The second-order valence-electron chi connectivity index (χ2n) is 4.68. The molecule has 1 aromatic carbocycles. The average Bonchev–Trinajstić information content (AvgIpc) is 2.56. The maximum Gasteiger partial charge on any atom is 0.345 e. The molecule has 100 valence electrons. The number of alkyl halides is 2. The van der Waals surface area contributed by atoms with Crippen molar-refractivity contribution in [3.05, 3.63) is 35.9 Å². The largest absolute Gasteiger partial charge is 0.345 e. The molecule has 1 aliphatic rings. The molecular formula is C14H19F2NO. The van der Waals surface area contributed by atoms with Gasteiger partial charge in [0.05, 0.1) is 6.10 Å². The SMILES string of the molecule is FC(F)O[C@H]1CCCCN[C@H]1Cc1ccccc1. The fourth-order valence-corrected chi connectivity index (χ4v) is 2.46. The molecule has 1 heterocycles. The highest BCUT2D eigenvalue weighted by Gasteiger charge is 2.26. The Bertz CT molecular complexity index is 345. The molecule has 1 aliphatic heterocycles. The number of hydrogen-bond donors (Lipinski definition) is 1. The summed E-state index contributed by atoms with van der Waals surface area (Å²) in [5.41, 5.74) is 1.15. The fraction of sp³-hybridized carbons (Fsp3) is 0.571. The predicted molar refractivity (Wildman–Crippen MR) is 66.7 cm³/mol. The Morgan fingerprint density at radius 2 is 2.00 bits per heavy atom. The topological polar surface area (TPSA) is 21.3 Å². The van der Waals surface area contributed by atoms with Gasteiger partial charge in [0.15, 0.2) is 0 Å². The highest BCUT2D eigenvalue weighted by Crippen LogP contribution is 2.19. The number of nitrogens with one attached hydrogen (secondary N) is 1. The molecule has 2 atom stereocenters. The van der Waals surface area contributed by atoms with E-state index in [0.717, 1.165) is 31.4 Å². The van der Waals surface area contributed by atoms with Crippen molar-refractivity contribution in [1.29, 1.82) is 0 Å². The Morgan fingerprint density at radius 3 is 2.72 bits per heavy atom. The lowest BCUT2D eigenvalue weighted by Crippen LogP contribution is -2.42. The van der Waals surface area contributed by atoms with Crippen LogP contribution in [0.1, 0.15) is 24.8 Å². The van der Waals surface area contributed by atoms with Gasteiger partial charge in [-0.1, -0.05) is 30.3 Å². The lowest BCUT2D eigenvalue weighted by Gasteiger charge is -2.25. The van der Waals surface area contributed by atoms with E-state index in [1.165, 1.54) is 0 Å². The van der Waals surface area contributed by atoms with Crippen LogP contribution in [0.15, 0.2) is 30.3 Å². The molecule has 0 radical (unpaired) electrons. The van der Waals surface area contributed by atoms with Gasteiger partial charge < -0.3 is 10.1 Å². The van der Waals surface area contributed by atoms with Gasteiger partial charge in [-0.3, -0.25) is 0 Å². The molecule has 2 nitrogen and oxygen atoms in total. The van der Waals surface area contributed by atoms with Crippen LogP contribution in [0.4, 0.5) is 8.78 Å². The van der Waals surface area contributed by atoms with E-state index < -0.39 is 12.7 Å². The van der Waals surface area contributed by atoms with E-state index in [-0.39, 0.29) is 6.04 Å². The van der Waals surface area contributed by atoms with Crippen molar-refractivity contribution in [2.75, 3.05) is 6.54 Å². The monoisotopic (exact) mass is 255 g/mol. The van der Waals surface area contributed by atoms with Gasteiger partial charge in [0.2, 0.25) is 0 Å². The van der Waals surface area contributed by atoms with Crippen molar-refractivity contribution >= 4 is 0 Å². The van der Waals surface area contributed by atoms with E-state index in [0.29, 0.717) is 6.42 Å². The second-order valence-corrected chi connectivity index (χ2v) is 4.68. The molecule has 0 bridgehead atoms.